The molecule has 3 heterocycles. The highest BCUT2D eigenvalue weighted by molar-refractivity contribution is 7.15. The van der Waals surface area contributed by atoms with E-state index in [9.17, 15) is 9.59 Å². The lowest BCUT2D eigenvalue weighted by Gasteiger charge is -2.21. The SMILES string of the molecule is CCCc1nnc(N2C(=O)c3oc4ccccc4c(=O)c3[C@H]2c2ccccc2)s1. The smallest absolute Gasteiger partial charge is 0.297 e. The highest BCUT2D eigenvalue weighted by Crippen LogP contribution is 2.42. The zero-order chi connectivity index (χ0) is 20.0. The maximum Gasteiger partial charge on any atom is 0.297 e. The predicted octanol–water partition coefficient (Wildman–Crippen LogP) is 4.35. The van der Waals surface area contributed by atoms with Crippen LogP contribution in [0.3, 0.4) is 0 Å². The Morgan fingerprint density at radius 3 is 2.59 bits per heavy atom. The van der Waals surface area contributed by atoms with Crippen molar-refractivity contribution in [2.45, 2.75) is 25.8 Å². The minimum Gasteiger partial charge on any atom is -0.450 e. The summed E-state index contributed by atoms with van der Waals surface area (Å²) in [6, 6.07) is 15.9. The first kappa shape index (κ1) is 17.8. The molecule has 5 rings (SSSR count). The van der Waals surface area contributed by atoms with Crippen LogP contribution in [0.25, 0.3) is 11.0 Å². The first-order valence-corrected chi connectivity index (χ1v) is 10.3. The Morgan fingerprint density at radius 1 is 1.03 bits per heavy atom. The standard InChI is InChI=1S/C22H17N3O3S/c1-2-8-16-23-24-22(29-16)25-18(13-9-4-3-5-10-13)17-19(26)14-11-6-7-12-15(14)28-20(17)21(25)27/h3-7,9-12,18H,2,8H2,1H3/t18-/m1/s1. The van der Waals surface area contributed by atoms with Gasteiger partial charge in [-0.3, -0.25) is 14.5 Å². The number of rotatable bonds is 4. The van der Waals surface area contributed by atoms with Gasteiger partial charge in [0.15, 0.2) is 5.43 Å². The number of amides is 1. The summed E-state index contributed by atoms with van der Waals surface area (Å²) >= 11 is 1.38. The molecule has 144 valence electrons. The van der Waals surface area contributed by atoms with Gasteiger partial charge < -0.3 is 4.42 Å². The Balaban J connectivity index is 1.76. The fourth-order valence-corrected chi connectivity index (χ4v) is 4.69. The minimum atomic E-state index is -0.595. The minimum absolute atomic E-state index is 0.0785. The number of fused-ring (bicyclic) bond motifs is 2. The van der Waals surface area contributed by atoms with Gasteiger partial charge in [-0.25, -0.2) is 0 Å². The number of hydrogen-bond acceptors (Lipinski definition) is 6. The van der Waals surface area contributed by atoms with Gasteiger partial charge in [0.1, 0.15) is 10.6 Å². The number of carbonyl (C=O) groups is 1. The van der Waals surface area contributed by atoms with Crippen LogP contribution in [0, 0.1) is 0 Å². The number of aryl methyl sites for hydroxylation is 1. The largest absolute Gasteiger partial charge is 0.450 e. The van der Waals surface area contributed by atoms with E-state index in [1.807, 2.05) is 30.3 Å². The molecular weight excluding hydrogens is 386 g/mol. The monoisotopic (exact) mass is 403 g/mol. The highest BCUT2D eigenvalue weighted by Gasteiger charge is 2.45. The van der Waals surface area contributed by atoms with Crippen molar-refractivity contribution in [1.29, 1.82) is 0 Å². The van der Waals surface area contributed by atoms with Crippen molar-refractivity contribution in [2.75, 3.05) is 4.90 Å². The molecule has 2 aromatic carbocycles. The van der Waals surface area contributed by atoms with E-state index in [2.05, 4.69) is 17.1 Å². The summed E-state index contributed by atoms with van der Waals surface area (Å²) in [7, 11) is 0. The predicted molar refractivity (Wildman–Crippen MR) is 111 cm³/mol. The van der Waals surface area contributed by atoms with E-state index in [-0.39, 0.29) is 17.1 Å². The van der Waals surface area contributed by atoms with Gasteiger partial charge in [0, 0.05) is 6.42 Å². The molecule has 2 aromatic heterocycles. The molecule has 7 heteroatoms. The number of aromatic nitrogens is 2. The van der Waals surface area contributed by atoms with E-state index >= 15 is 0 Å². The zero-order valence-electron chi connectivity index (χ0n) is 15.7. The number of anilines is 1. The molecule has 0 unspecified atom stereocenters. The van der Waals surface area contributed by atoms with Crippen molar-refractivity contribution in [3.63, 3.8) is 0 Å². The number of nitrogens with zero attached hydrogens (tertiary/aromatic N) is 3. The van der Waals surface area contributed by atoms with Gasteiger partial charge in [0.05, 0.1) is 17.0 Å². The van der Waals surface area contributed by atoms with E-state index < -0.39 is 6.04 Å². The first-order valence-electron chi connectivity index (χ1n) is 9.45. The summed E-state index contributed by atoms with van der Waals surface area (Å²) in [5.74, 6) is -0.286. The van der Waals surface area contributed by atoms with E-state index in [4.69, 9.17) is 4.42 Å². The lowest BCUT2D eigenvalue weighted by Crippen LogP contribution is -2.29. The number of carbonyl (C=O) groups excluding carboxylic acids is 1. The third-order valence-electron chi connectivity index (χ3n) is 5.02. The lowest BCUT2D eigenvalue weighted by molar-refractivity contribution is 0.0970. The average Bonchev–Trinajstić information content (AvgIpc) is 3.32. The molecule has 0 saturated heterocycles. The number of hydrogen-bond donors (Lipinski definition) is 0. The third-order valence-corrected chi connectivity index (χ3v) is 6.00. The van der Waals surface area contributed by atoms with Crippen molar-refractivity contribution in [1.82, 2.24) is 10.2 Å². The van der Waals surface area contributed by atoms with E-state index in [1.54, 1.807) is 29.2 Å². The van der Waals surface area contributed by atoms with Gasteiger partial charge in [-0.2, -0.15) is 0 Å². The Bertz CT molecular complexity index is 1280. The van der Waals surface area contributed by atoms with Crippen molar-refractivity contribution in [3.8, 4) is 0 Å². The van der Waals surface area contributed by atoms with Gasteiger partial charge in [-0.05, 0) is 24.1 Å². The molecular formula is C22H17N3O3S. The second kappa shape index (κ2) is 6.93. The molecule has 1 amide bonds. The molecule has 1 atom stereocenters. The topological polar surface area (TPSA) is 76.3 Å². The van der Waals surface area contributed by atoms with Gasteiger partial charge in [0.2, 0.25) is 10.9 Å². The quantitative estimate of drug-likeness (QED) is 0.506. The zero-order valence-corrected chi connectivity index (χ0v) is 16.5. The normalized spacial score (nSPS) is 15.8. The van der Waals surface area contributed by atoms with E-state index in [1.165, 1.54) is 11.3 Å². The molecule has 0 aliphatic carbocycles. The lowest BCUT2D eigenvalue weighted by atomic mass is 9.99. The van der Waals surface area contributed by atoms with Gasteiger partial charge >= 0.3 is 0 Å². The number of benzene rings is 2. The molecule has 0 N–H and O–H groups in total. The summed E-state index contributed by atoms with van der Waals surface area (Å²) in [6.07, 6.45) is 1.74. The van der Waals surface area contributed by atoms with E-state index in [0.717, 1.165) is 23.4 Å². The first-order chi connectivity index (χ1) is 14.2. The van der Waals surface area contributed by atoms with Gasteiger partial charge in [0.25, 0.3) is 5.91 Å². The van der Waals surface area contributed by atoms with Crippen LogP contribution in [0.4, 0.5) is 5.13 Å². The molecule has 0 spiro atoms. The van der Waals surface area contributed by atoms with Crippen LogP contribution in [0.15, 0.2) is 63.8 Å². The van der Waals surface area contributed by atoms with Crippen LogP contribution < -0.4 is 10.3 Å². The molecule has 0 fully saturated rings. The summed E-state index contributed by atoms with van der Waals surface area (Å²) < 4.78 is 5.92. The summed E-state index contributed by atoms with van der Waals surface area (Å²) in [4.78, 5) is 28.3. The van der Waals surface area contributed by atoms with Crippen molar-refractivity contribution < 1.29 is 9.21 Å². The summed E-state index contributed by atoms with van der Waals surface area (Å²) in [6.45, 7) is 2.07. The second-order valence-electron chi connectivity index (χ2n) is 6.89. The van der Waals surface area contributed by atoms with Crippen molar-refractivity contribution in [3.05, 3.63) is 86.7 Å². The maximum atomic E-state index is 13.4. The Kier molecular flexibility index (Phi) is 4.24. The third kappa shape index (κ3) is 2.77. The fraction of sp³-hybridized carbons (Fsp3) is 0.182. The van der Waals surface area contributed by atoms with Crippen LogP contribution in [0.2, 0.25) is 0 Å². The summed E-state index contributed by atoms with van der Waals surface area (Å²) in [5, 5.41) is 10.3. The average molecular weight is 403 g/mol. The van der Waals surface area contributed by atoms with Crippen LogP contribution in [-0.4, -0.2) is 16.1 Å². The Morgan fingerprint density at radius 2 is 1.79 bits per heavy atom. The second-order valence-corrected chi connectivity index (χ2v) is 7.93. The molecule has 0 saturated carbocycles. The molecule has 29 heavy (non-hydrogen) atoms. The molecule has 0 bridgehead atoms. The fourth-order valence-electron chi connectivity index (χ4n) is 3.72. The Hall–Kier alpha value is -3.32. The van der Waals surface area contributed by atoms with Crippen LogP contribution in [0.5, 0.6) is 0 Å². The van der Waals surface area contributed by atoms with E-state index in [0.29, 0.717) is 21.7 Å². The Labute approximate surface area is 170 Å². The van der Waals surface area contributed by atoms with Crippen molar-refractivity contribution >= 4 is 33.3 Å². The van der Waals surface area contributed by atoms with Crippen LogP contribution in [0.1, 0.15) is 46.1 Å². The van der Waals surface area contributed by atoms with Crippen molar-refractivity contribution in [2.24, 2.45) is 0 Å². The maximum absolute atomic E-state index is 13.4. The van der Waals surface area contributed by atoms with Gasteiger partial charge in [-0.1, -0.05) is 60.7 Å². The molecule has 0 radical (unpaired) electrons. The molecule has 6 nitrogen and oxygen atoms in total. The molecule has 4 aromatic rings. The highest BCUT2D eigenvalue weighted by atomic mass is 32.1. The molecule has 1 aliphatic heterocycles. The van der Waals surface area contributed by atoms with Gasteiger partial charge in [-0.15, -0.1) is 10.2 Å². The number of para-hydroxylation sites is 1. The molecule has 1 aliphatic rings. The van der Waals surface area contributed by atoms with Crippen LogP contribution >= 0.6 is 11.3 Å². The summed E-state index contributed by atoms with van der Waals surface area (Å²) in [5.41, 5.74) is 1.40. The van der Waals surface area contributed by atoms with Crippen LogP contribution in [-0.2, 0) is 6.42 Å².